The summed E-state index contributed by atoms with van der Waals surface area (Å²) < 4.78 is 69.6. The minimum Gasteiger partial charge on any atom is -0.591 e. The van der Waals surface area contributed by atoms with Crippen LogP contribution in [0, 0.1) is 6.92 Å². The molecular formula is C14H18F4N2O2S. The largest absolute Gasteiger partial charge is 0.591 e. The Morgan fingerprint density at radius 1 is 1.39 bits per heavy atom. The van der Waals surface area contributed by atoms with Gasteiger partial charge >= 0.3 is 12.3 Å². The molecule has 0 aromatic carbocycles. The molecule has 1 aromatic rings. The lowest BCUT2D eigenvalue weighted by molar-refractivity contribution is -0.148. The van der Waals surface area contributed by atoms with Crippen molar-refractivity contribution in [2.24, 2.45) is 4.40 Å². The van der Waals surface area contributed by atoms with Gasteiger partial charge in [0.05, 0.1) is 11.9 Å². The van der Waals surface area contributed by atoms with Crippen LogP contribution in [0.2, 0.25) is 0 Å². The van der Waals surface area contributed by atoms with Crippen molar-refractivity contribution in [1.29, 1.82) is 0 Å². The minimum atomic E-state index is -4.23. The van der Waals surface area contributed by atoms with Gasteiger partial charge in [0, 0.05) is 0 Å². The standard InChI is InChI=1S/C14H18F4N2O2S/c1-9-5-10(6-20-23(21)13(2,3)4)19-7-11(9)22-8-14(17,18)12(15)16/h5-7,12H,8H2,1-4H3. The molecule has 1 heterocycles. The molecule has 0 amide bonds. The third-order valence-electron chi connectivity index (χ3n) is 2.63. The van der Waals surface area contributed by atoms with E-state index in [0.29, 0.717) is 11.3 Å². The van der Waals surface area contributed by atoms with Crippen LogP contribution in [0.1, 0.15) is 32.0 Å². The van der Waals surface area contributed by atoms with Gasteiger partial charge in [-0.3, -0.25) is 4.98 Å². The highest BCUT2D eigenvalue weighted by atomic mass is 32.2. The van der Waals surface area contributed by atoms with Crippen molar-refractivity contribution in [2.45, 2.75) is 44.8 Å². The molecule has 9 heteroatoms. The molecule has 130 valence electrons. The van der Waals surface area contributed by atoms with Crippen LogP contribution >= 0.6 is 0 Å². The summed E-state index contributed by atoms with van der Waals surface area (Å²) in [6.07, 6.45) is -1.36. The molecule has 0 aliphatic rings. The first-order valence-electron chi connectivity index (χ1n) is 6.65. The van der Waals surface area contributed by atoms with E-state index in [1.807, 2.05) is 0 Å². The van der Waals surface area contributed by atoms with Gasteiger partial charge in [0.25, 0.3) is 0 Å². The molecule has 1 unspecified atom stereocenters. The average molecular weight is 354 g/mol. The summed E-state index contributed by atoms with van der Waals surface area (Å²) in [5.74, 6) is -4.25. The maximum absolute atomic E-state index is 12.8. The normalized spacial score (nSPS) is 14.5. The zero-order valence-electron chi connectivity index (χ0n) is 13.1. The number of alkyl halides is 4. The molecule has 0 bridgehead atoms. The van der Waals surface area contributed by atoms with Gasteiger partial charge in [-0.05, 0) is 39.3 Å². The number of hydrogen-bond donors (Lipinski definition) is 0. The molecule has 0 N–H and O–H groups in total. The summed E-state index contributed by atoms with van der Waals surface area (Å²) in [6.45, 7) is 5.40. The van der Waals surface area contributed by atoms with E-state index in [-0.39, 0.29) is 5.75 Å². The monoisotopic (exact) mass is 354 g/mol. The summed E-state index contributed by atoms with van der Waals surface area (Å²) in [7, 11) is 0. The molecule has 0 aliphatic carbocycles. The van der Waals surface area contributed by atoms with E-state index in [2.05, 4.69) is 9.38 Å². The van der Waals surface area contributed by atoms with E-state index in [1.165, 1.54) is 12.3 Å². The van der Waals surface area contributed by atoms with Crippen LogP contribution in [-0.4, -0.2) is 39.5 Å². The summed E-state index contributed by atoms with van der Waals surface area (Å²) >= 11 is -1.45. The first kappa shape index (κ1) is 19.7. The first-order chi connectivity index (χ1) is 10.4. The number of pyridine rings is 1. The van der Waals surface area contributed by atoms with Crippen molar-refractivity contribution in [1.82, 2.24) is 4.98 Å². The van der Waals surface area contributed by atoms with Crippen molar-refractivity contribution in [3.63, 3.8) is 0 Å². The predicted octanol–water partition coefficient (Wildman–Crippen LogP) is 3.55. The highest BCUT2D eigenvalue weighted by Crippen LogP contribution is 2.25. The van der Waals surface area contributed by atoms with Crippen molar-refractivity contribution in [3.05, 3.63) is 23.5 Å². The van der Waals surface area contributed by atoms with Crippen LogP contribution in [0.25, 0.3) is 0 Å². The van der Waals surface area contributed by atoms with Gasteiger partial charge in [-0.1, -0.05) is 4.40 Å². The topological polar surface area (TPSA) is 57.5 Å². The predicted molar refractivity (Wildman–Crippen MR) is 80.9 cm³/mol. The number of halogens is 4. The number of hydrogen-bond acceptors (Lipinski definition) is 4. The van der Waals surface area contributed by atoms with E-state index in [0.717, 1.165) is 6.20 Å². The van der Waals surface area contributed by atoms with Crippen LogP contribution < -0.4 is 4.74 Å². The van der Waals surface area contributed by atoms with Crippen LogP contribution in [0.4, 0.5) is 17.6 Å². The van der Waals surface area contributed by atoms with E-state index >= 15 is 0 Å². The second-order valence-electron chi connectivity index (χ2n) is 5.82. The minimum absolute atomic E-state index is 0.0283. The van der Waals surface area contributed by atoms with Gasteiger partial charge in [0.15, 0.2) is 6.61 Å². The molecule has 0 spiro atoms. The molecule has 0 saturated heterocycles. The Kier molecular flexibility index (Phi) is 6.41. The molecule has 4 nitrogen and oxygen atoms in total. The zero-order chi connectivity index (χ0) is 17.8. The lowest BCUT2D eigenvalue weighted by Crippen LogP contribution is -2.33. The van der Waals surface area contributed by atoms with Gasteiger partial charge in [0.2, 0.25) is 0 Å². The second kappa shape index (κ2) is 7.48. The average Bonchev–Trinajstić information content (AvgIpc) is 2.42. The van der Waals surface area contributed by atoms with Crippen LogP contribution in [0.3, 0.4) is 0 Å². The van der Waals surface area contributed by atoms with E-state index < -0.39 is 35.1 Å². The summed E-state index contributed by atoms with van der Waals surface area (Å²) in [4.78, 5) is 3.90. The van der Waals surface area contributed by atoms with Crippen molar-refractivity contribution < 1.29 is 26.9 Å². The number of aromatic nitrogens is 1. The molecule has 1 rings (SSSR count). The Morgan fingerprint density at radius 3 is 2.48 bits per heavy atom. The van der Waals surface area contributed by atoms with Crippen molar-refractivity contribution in [2.75, 3.05) is 6.61 Å². The van der Waals surface area contributed by atoms with Crippen molar-refractivity contribution in [3.8, 4) is 5.75 Å². The smallest absolute Gasteiger partial charge is 0.340 e. The number of ether oxygens (including phenoxy) is 1. The van der Waals surface area contributed by atoms with Gasteiger partial charge in [-0.2, -0.15) is 8.78 Å². The van der Waals surface area contributed by atoms with Gasteiger partial charge < -0.3 is 9.29 Å². The Labute approximate surface area is 135 Å². The fraction of sp³-hybridized carbons (Fsp3) is 0.571. The number of nitrogens with zero attached hydrogens (tertiary/aromatic N) is 2. The maximum Gasteiger partial charge on any atom is 0.340 e. The highest BCUT2D eigenvalue weighted by Gasteiger charge is 2.41. The third-order valence-corrected chi connectivity index (χ3v) is 3.97. The number of aryl methyl sites for hydroxylation is 1. The zero-order valence-corrected chi connectivity index (χ0v) is 14.0. The van der Waals surface area contributed by atoms with E-state index in [9.17, 15) is 22.1 Å². The summed E-state index contributed by atoms with van der Waals surface area (Å²) in [6, 6.07) is 1.47. The van der Waals surface area contributed by atoms with E-state index in [4.69, 9.17) is 4.74 Å². The molecule has 0 aliphatic heterocycles. The SMILES string of the molecule is Cc1cc(C=N[S+]([O-])C(C)(C)C)ncc1OCC(F)(F)C(F)F. The first-order valence-corrected chi connectivity index (χ1v) is 7.75. The maximum atomic E-state index is 12.8. The Bertz CT molecular complexity index is 562. The van der Waals surface area contributed by atoms with Gasteiger partial charge in [-0.15, -0.1) is 0 Å². The summed E-state index contributed by atoms with van der Waals surface area (Å²) in [5.41, 5.74) is 0.779. The fourth-order valence-electron chi connectivity index (χ4n) is 1.28. The van der Waals surface area contributed by atoms with Crippen molar-refractivity contribution >= 4 is 17.6 Å². The lowest BCUT2D eigenvalue weighted by atomic mass is 10.2. The molecule has 1 atom stereocenters. The molecular weight excluding hydrogens is 336 g/mol. The highest BCUT2D eigenvalue weighted by molar-refractivity contribution is 7.91. The molecule has 23 heavy (non-hydrogen) atoms. The Hall–Kier alpha value is -1.35. The second-order valence-corrected chi connectivity index (χ2v) is 7.75. The number of rotatable bonds is 6. The molecule has 0 fully saturated rings. The quantitative estimate of drug-likeness (QED) is 0.446. The summed E-state index contributed by atoms with van der Waals surface area (Å²) in [5, 5.41) is 0. The van der Waals surface area contributed by atoms with E-state index in [1.54, 1.807) is 27.7 Å². The third kappa shape index (κ3) is 5.98. The van der Waals surface area contributed by atoms with Crippen LogP contribution in [0.5, 0.6) is 5.75 Å². The fourth-order valence-corrected chi connectivity index (χ4v) is 1.80. The Balaban J connectivity index is 2.77. The Morgan fingerprint density at radius 2 is 2.00 bits per heavy atom. The van der Waals surface area contributed by atoms with Gasteiger partial charge in [-0.25, -0.2) is 8.78 Å². The molecule has 1 aromatic heterocycles. The van der Waals surface area contributed by atoms with Crippen LogP contribution in [-0.2, 0) is 11.4 Å². The molecule has 0 radical (unpaired) electrons. The molecule has 0 saturated carbocycles. The lowest BCUT2D eigenvalue weighted by Gasteiger charge is -2.18. The van der Waals surface area contributed by atoms with Gasteiger partial charge in [0.1, 0.15) is 28.1 Å². The van der Waals surface area contributed by atoms with Crippen LogP contribution in [0.15, 0.2) is 16.7 Å².